The summed E-state index contributed by atoms with van der Waals surface area (Å²) in [5.41, 5.74) is 1.16. The van der Waals surface area contributed by atoms with Gasteiger partial charge in [0.1, 0.15) is 0 Å². The van der Waals surface area contributed by atoms with Crippen molar-refractivity contribution in [2.24, 2.45) is 5.92 Å². The quantitative estimate of drug-likeness (QED) is 0.879. The first-order chi connectivity index (χ1) is 10.7. The summed E-state index contributed by atoms with van der Waals surface area (Å²) in [7, 11) is 0. The van der Waals surface area contributed by atoms with Crippen molar-refractivity contribution in [1.29, 1.82) is 0 Å². The molecule has 3 heterocycles. The minimum absolute atomic E-state index is 0.0424. The molecule has 1 aliphatic rings. The SMILES string of the molecule is CCn1cc(C2OCCC2CNC(C)c2nc(C)no2)cn1. The van der Waals surface area contributed by atoms with Gasteiger partial charge >= 0.3 is 0 Å². The third-order valence-electron chi connectivity index (χ3n) is 4.12. The Balaban J connectivity index is 1.59. The van der Waals surface area contributed by atoms with Crippen LogP contribution in [0.25, 0.3) is 0 Å². The highest BCUT2D eigenvalue weighted by atomic mass is 16.5. The van der Waals surface area contributed by atoms with E-state index >= 15 is 0 Å². The molecule has 1 saturated heterocycles. The monoisotopic (exact) mass is 305 g/mol. The summed E-state index contributed by atoms with van der Waals surface area (Å²) in [6.07, 6.45) is 5.15. The first-order valence-electron chi connectivity index (χ1n) is 7.85. The molecular formula is C15H23N5O2. The molecule has 0 bridgehead atoms. The molecule has 0 spiro atoms. The molecule has 0 amide bonds. The van der Waals surface area contributed by atoms with Crippen LogP contribution in [0.5, 0.6) is 0 Å². The number of ether oxygens (including phenoxy) is 1. The summed E-state index contributed by atoms with van der Waals surface area (Å²) in [4.78, 5) is 4.26. The van der Waals surface area contributed by atoms with Gasteiger partial charge in [-0.25, -0.2) is 0 Å². The molecule has 7 nitrogen and oxygen atoms in total. The fourth-order valence-electron chi connectivity index (χ4n) is 2.82. The molecule has 0 saturated carbocycles. The van der Waals surface area contributed by atoms with Crippen LogP contribution in [0.3, 0.4) is 0 Å². The first kappa shape index (κ1) is 15.2. The maximum absolute atomic E-state index is 5.91. The average molecular weight is 305 g/mol. The van der Waals surface area contributed by atoms with E-state index < -0.39 is 0 Å². The highest BCUT2D eigenvalue weighted by molar-refractivity contribution is 5.11. The van der Waals surface area contributed by atoms with Crippen LogP contribution in [0.2, 0.25) is 0 Å². The molecule has 3 rings (SSSR count). The van der Waals surface area contributed by atoms with Gasteiger partial charge in [-0.05, 0) is 27.2 Å². The summed E-state index contributed by atoms with van der Waals surface area (Å²) in [5, 5.41) is 11.6. The van der Waals surface area contributed by atoms with Crippen molar-refractivity contribution in [2.45, 2.75) is 45.9 Å². The molecular weight excluding hydrogens is 282 g/mol. The third kappa shape index (κ3) is 3.20. The molecule has 2 aromatic heterocycles. The lowest BCUT2D eigenvalue weighted by Gasteiger charge is -2.19. The van der Waals surface area contributed by atoms with Crippen molar-refractivity contribution in [3.63, 3.8) is 0 Å². The lowest BCUT2D eigenvalue weighted by Crippen LogP contribution is -2.27. The fourth-order valence-corrected chi connectivity index (χ4v) is 2.82. The average Bonchev–Trinajstić information content (AvgIpc) is 3.24. The largest absolute Gasteiger partial charge is 0.373 e. The van der Waals surface area contributed by atoms with Gasteiger partial charge in [-0.2, -0.15) is 10.1 Å². The highest BCUT2D eigenvalue weighted by Crippen LogP contribution is 2.34. The van der Waals surface area contributed by atoms with E-state index in [1.807, 2.05) is 24.7 Å². The van der Waals surface area contributed by atoms with Gasteiger partial charge in [0.25, 0.3) is 0 Å². The van der Waals surface area contributed by atoms with Crippen LogP contribution in [0.1, 0.15) is 49.7 Å². The number of aromatic nitrogens is 4. The second-order valence-corrected chi connectivity index (χ2v) is 5.78. The number of rotatable bonds is 6. The summed E-state index contributed by atoms with van der Waals surface area (Å²) in [5.74, 6) is 1.73. The highest BCUT2D eigenvalue weighted by Gasteiger charge is 2.31. The summed E-state index contributed by atoms with van der Waals surface area (Å²) < 4.78 is 13.0. The Morgan fingerprint density at radius 3 is 3.05 bits per heavy atom. The van der Waals surface area contributed by atoms with E-state index in [2.05, 4.69) is 33.7 Å². The van der Waals surface area contributed by atoms with Crippen molar-refractivity contribution in [2.75, 3.05) is 13.2 Å². The molecule has 3 unspecified atom stereocenters. The molecule has 120 valence electrons. The van der Waals surface area contributed by atoms with E-state index in [1.165, 1.54) is 0 Å². The number of nitrogens with zero attached hydrogens (tertiary/aromatic N) is 4. The Bertz CT molecular complexity index is 609. The van der Waals surface area contributed by atoms with Crippen LogP contribution >= 0.6 is 0 Å². The van der Waals surface area contributed by atoms with Crippen molar-refractivity contribution in [3.05, 3.63) is 29.7 Å². The zero-order valence-corrected chi connectivity index (χ0v) is 13.3. The van der Waals surface area contributed by atoms with Gasteiger partial charge in [0.15, 0.2) is 5.82 Å². The van der Waals surface area contributed by atoms with Gasteiger partial charge in [0, 0.05) is 37.4 Å². The van der Waals surface area contributed by atoms with Crippen LogP contribution in [0, 0.1) is 12.8 Å². The lowest BCUT2D eigenvalue weighted by molar-refractivity contribution is 0.0895. The van der Waals surface area contributed by atoms with Gasteiger partial charge < -0.3 is 14.6 Å². The standard InChI is InChI=1S/C15H23N5O2/c1-4-20-9-13(8-17-20)14-12(5-6-21-14)7-16-10(2)15-18-11(3)19-22-15/h8-10,12,14,16H,4-7H2,1-3H3. The van der Waals surface area contributed by atoms with Crippen molar-refractivity contribution in [1.82, 2.24) is 25.2 Å². The van der Waals surface area contributed by atoms with Crippen LogP contribution in [0.4, 0.5) is 0 Å². The van der Waals surface area contributed by atoms with Crippen LogP contribution < -0.4 is 5.32 Å². The molecule has 0 aliphatic carbocycles. The Morgan fingerprint density at radius 1 is 1.50 bits per heavy atom. The lowest BCUT2D eigenvalue weighted by atomic mass is 9.97. The molecule has 3 atom stereocenters. The Morgan fingerprint density at radius 2 is 2.36 bits per heavy atom. The van der Waals surface area contributed by atoms with Gasteiger partial charge in [-0.15, -0.1) is 0 Å². The number of hydrogen-bond acceptors (Lipinski definition) is 6. The molecule has 1 fully saturated rings. The minimum Gasteiger partial charge on any atom is -0.373 e. The fraction of sp³-hybridized carbons (Fsp3) is 0.667. The second-order valence-electron chi connectivity index (χ2n) is 5.78. The van der Waals surface area contributed by atoms with Crippen molar-refractivity contribution < 1.29 is 9.26 Å². The zero-order valence-electron chi connectivity index (χ0n) is 13.3. The summed E-state index contributed by atoms with van der Waals surface area (Å²) in [6, 6.07) is 0.0424. The predicted molar refractivity (Wildman–Crippen MR) is 80.2 cm³/mol. The van der Waals surface area contributed by atoms with E-state index in [0.29, 0.717) is 17.6 Å². The summed E-state index contributed by atoms with van der Waals surface area (Å²) in [6.45, 7) is 8.47. The van der Waals surface area contributed by atoms with E-state index in [1.54, 1.807) is 0 Å². The Labute approximate surface area is 130 Å². The third-order valence-corrected chi connectivity index (χ3v) is 4.12. The molecule has 1 N–H and O–H groups in total. The number of hydrogen-bond donors (Lipinski definition) is 1. The van der Waals surface area contributed by atoms with Gasteiger partial charge in [-0.1, -0.05) is 5.16 Å². The maximum atomic E-state index is 5.91. The second kappa shape index (κ2) is 6.58. The zero-order chi connectivity index (χ0) is 15.5. The first-order valence-corrected chi connectivity index (χ1v) is 7.85. The topological polar surface area (TPSA) is 78.0 Å². The maximum Gasteiger partial charge on any atom is 0.243 e. The van der Waals surface area contributed by atoms with Crippen molar-refractivity contribution in [3.8, 4) is 0 Å². The van der Waals surface area contributed by atoms with Crippen molar-refractivity contribution >= 4 is 0 Å². The minimum atomic E-state index is 0.0424. The van der Waals surface area contributed by atoms with Crippen LogP contribution in [-0.4, -0.2) is 33.1 Å². The Hall–Kier alpha value is -1.73. The van der Waals surface area contributed by atoms with Gasteiger partial charge in [0.05, 0.1) is 18.3 Å². The smallest absolute Gasteiger partial charge is 0.243 e. The van der Waals surface area contributed by atoms with E-state index in [4.69, 9.17) is 9.26 Å². The Kier molecular flexibility index (Phi) is 4.54. The van der Waals surface area contributed by atoms with Gasteiger partial charge in [-0.3, -0.25) is 4.68 Å². The van der Waals surface area contributed by atoms with Gasteiger partial charge in [0.2, 0.25) is 5.89 Å². The summed E-state index contributed by atoms with van der Waals surface area (Å²) >= 11 is 0. The molecule has 7 heteroatoms. The number of aryl methyl sites for hydroxylation is 2. The van der Waals surface area contributed by atoms with E-state index in [9.17, 15) is 0 Å². The molecule has 2 aromatic rings. The van der Waals surface area contributed by atoms with Crippen LogP contribution in [-0.2, 0) is 11.3 Å². The predicted octanol–water partition coefficient (Wildman–Crippen LogP) is 2.02. The molecule has 0 radical (unpaired) electrons. The number of nitrogens with one attached hydrogen (secondary N) is 1. The van der Waals surface area contributed by atoms with E-state index in [0.717, 1.165) is 31.7 Å². The van der Waals surface area contributed by atoms with Crippen LogP contribution in [0.15, 0.2) is 16.9 Å². The molecule has 22 heavy (non-hydrogen) atoms. The molecule has 0 aromatic carbocycles. The van der Waals surface area contributed by atoms with E-state index in [-0.39, 0.29) is 12.1 Å². The molecule has 1 aliphatic heterocycles. The normalized spacial score (nSPS) is 23.0.